The maximum atomic E-state index is 14.0. The number of para-hydroxylation sites is 1. The number of benzene rings is 3. The van der Waals surface area contributed by atoms with Crippen molar-refractivity contribution >= 4 is 17.5 Å². The van der Waals surface area contributed by atoms with E-state index in [0.29, 0.717) is 28.5 Å². The van der Waals surface area contributed by atoms with Crippen molar-refractivity contribution in [2.75, 3.05) is 26.2 Å². The van der Waals surface area contributed by atoms with E-state index in [9.17, 15) is 9.59 Å². The van der Waals surface area contributed by atoms with Gasteiger partial charge >= 0.3 is 0 Å². The van der Waals surface area contributed by atoms with Gasteiger partial charge in [0.1, 0.15) is 11.7 Å². The first-order valence-corrected chi connectivity index (χ1v) is 11.8. The molecule has 1 heterocycles. The lowest BCUT2D eigenvalue weighted by molar-refractivity contribution is -0.122. The Kier molecular flexibility index (Phi) is 8.50. The zero-order valence-electron chi connectivity index (χ0n) is 21.3. The summed E-state index contributed by atoms with van der Waals surface area (Å²) in [4.78, 5) is 37.5. The highest BCUT2D eigenvalue weighted by Crippen LogP contribution is 2.41. The molecule has 3 aromatic carbocycles. The Balaban J connectivity index is 1.87. The van der Waals surface area contributed by atoms with Crippen molar-refractivity contribution in [3.8, 4) is 17.2 Å². The first kappa shape index (κ1) is 26.2. The van der Waals surface area contributed by atoms with Crippen molar-refractivity contribution in [1.29, 1.82) is 0 Å². The van der Waals surface area contributed by atoms with Crippen molar-refractivity contribution in [2.45, 2.75) is 12.6 Å². The molecule has 1 aromatic heterocycles. The largest absolute Gasteiger partial charge is 0.493 e. The van der Waals surface area contributed by atoms with Crippen molar-refractivity contribution in [3.63, 3.8) is 0 Å². The van der Waals surface area contributed by atoms with E-state index < -0.39 is 17.9 Å². The molecule has 0 spiro atoms. The molecular formula is C29H28N4O5. The zero-order chi connectivity index (χ0) is 26.9. The van der Waals surface area contributed by atoms with E-state index in [1.807, 2.05) is 36.4 Å². The monoisotopic (exact) mass is 512 g/mol. The van der Waals surface area contributed by atoms with Gasteiger partial charge in [0.2, 0.25) is 11.7 Å². The molecule has 0 unspecified atom stereocenters. The molecule has 0 bridgehead atoms. The van der Waals surface area contributed by atoms with Crippen molar-refractivity contribution in [2.24, 2.45) is 0 Å². The fourth-order valence-corrected chi connectivity index (χ4v) is 4.06. The Labute approximate surface area is 221 Å². The Morgan fingerprint density at radius 1 is 0.868 bits per heavy atom. The van der Waals surface area contributed by atoms with Crippen LogP contribution >= 0.6 is 0 Å². The minimum absolute atomic E-state index is 0.0876. The SMILES string of the molecule is COc1cc([C@@H](C(=O)NCc2ccccc2)N(C(=O)c2cnccn2)c2ccccc2)cc(OC)c1OC. The van der Waals surface area contributed by atoms with Crippen molar-refractivity contribution < 1.29 is 23.8 Å². The molecule has 4 aromatic rings. The van der Waals surface area contributed by atoms with Crippen LogP contribution in [0.3, 0.4) is 0 Å². The lowest BCUT2D eigenvalue weighted by atomic mass is 10.0. The lowest BCUT2D eigenvalue weighted by Gasteiger charge is -2.32. The van der Waals surface area contributed by atoms with Gasteiger partial charge in [-0.1, -0.05) is 48.5 Å². The third-order valence-corrected chi connectivity index (χ3v) is 5.85. The first-order chi connectivity index (χ1) is 18.6. The van der Waals surface area contributed by atoms with E-state index in [2.05, 4.69) is 15.3 Å². The standard InChI is InChI=1S/C29H28N4O5/c1-36-24-16-21(17-25(37-2)27(24)38-3)26(28(34)32-18-20-10-6-4-7-11-20)33(22-12-8-5-9-13-22)29(35)23-19-30-14-15-31-23/h4-17,19,26H,18H2,1-3H3,(H,32,34)/t26-/m0/s1. The van der Waals surface area contributed by atoms with Crippen LogP contribution in [0.2, 0.25) is 0 Å². The van der Waals surface area contributed by atoms with Crippen LogP contribution in [0, 0.1) is 0 Å². The lowest BCUT2D eigenvalue weighted by Crippen LogP contribution is -2.44. The quantitative estimate of drug-likeness (QED) is 0.340. The molecule has 0 aliphatic heterocycles. The molecular weight excluding hydrogens is 484 g/mol. The highest BCUT2D eigenvalue weighted by Gasteiger charge is 2.35. The maximum Gasteiger partial charge on any atom is 0.279 e. The minimum Gasteiger partial charge on any atom is -0.493 e. The van der Waals surface area contributed by atoms with Crippen LogP contribution in [0.4, 0.5) is 5.69 Å². The number of anilines is 1. The van der Waals surface area contributed by atoms with Gasteiger partial charge in [0.25, 0.3) is 5.91 Å². The van der Waals surface area contributed by atoms with Crippen molar-refractivity contribution in [1.82, 2.24) is 15.3 Å². The van der Waals surface area contributed by atoms with Gasteiger partial charge in [-0.3, -0.25) is 19.5 Å². The number of hydrogen-bond acceptors (Lipinski definition) is 7. The minimum atomic E-state index is -1.12. The Morgan fingerprint density at radius 2 is 1.50 bits per heavy atom. The fraction of sp³-hybridized carbons (Fsp3) is 0.172. The number of carbonyl (C=O) groups excluding carboxylic acids is 2. The number of methoxy groups -OCH3 is 3. The predicted octanol–water partition coefficient (Wildman–Crippen LogP) is 4.21. The summed E-state index contributed by atoms with van der Waals surface area (Å²) in [6, 6.07) is 20.6. The molecule has 9 nitrogen and oxygen atoms in total. The summed E-state index contributed by atoms with van der Waals surface area (Å²) in [6.07, 6.45) is 4.28. The van der Waals surface area contributed by atoms with E-state index in [0.717, 1.165) is 5.56 Å². The fourth-order valence-electron chi connectivity index (χ4n) is 4.06. The Morgan fingerprint density at radius 3 is 2.05 bits per heavy atom. The van der Waals surface area contributed by atoms with Crippen LogP contribution in [0.15, 0.2) is 91.4 Å². The smallest absolute Gasteiger partial charge is 0.279 e. The number of nitrogens with zero attached hydrogens (tertiary/aromatic N) is 3. The topological polar surface area (TPSA) is 103 Å². The first-order valence-electron chi connectivity index (χ1n) is 11.8. The van der Waals surface area contributed by atoms with Gasteiger partial charge in [-0.15, -0.1) is 0 Å². The zero-order valence-corrected chi connectivity index (χ0v) is 21.3. The van der Waals surface area contributed by atoms with E-state index in [1.165, 1.54) is 44.8 Å². The van der Waals surface area contributed by atoms with Crippen LogP contribution in [-0.4, -0.2) is 43.1 Å². The Bertz CT molecular complexity index is 1340. The van der Waals surface area contributed by atoms with Crippen LogP contribution < -0.4 is 24.4 Å². The molecule has 0 radical (unpaired) electrons. The van der Waals surface area contributed by atoms with Gasteiger partial charge < -0.3 is 19.5 Å². The second-order valence-electron chi connectivity index (χ2n) is 8.17. The number of rotatable bonds is 10. The van der Waals surface area contributed by atoms with E-state index in [1.54, 1.807) is 36.4 Å². The number of aromatic nitrogens is 2. The van der Waals surface area contributed by atoms with Crippen molar-refractivity contribution in [3.05, 3.63) is 108 Å². The average molecular weight is 513 g/mol. The maximum absolute atomic E-state index is 14.0. The summed E-state index contributed by atoms with van der Waals surface area (Å²) in [7, 11) is 4.48. The molecule has 1 atom stereocenters. The van der Waals surface area contributed by atoms with Gasteiger partial charge in [0.05, 0.1) is 27.5 Å². The molecule has 0 saturated heterocycles. The number of ether oxygens (including phenoxy) is 3. The van der Waals surface area contributed by atoms with Gasteiger partial charge in [0, 0.05) is 24.6 Å². The summed E-state index contributed by atoms with van der Waals surface area (Å²) in [5.41, 5.74) is 1.95. The molecule has 0 aliphatic rings. The molecule has 0 saturated carbocycles. The van der Waals surface area contributed by atoms with Crippen LogP contribution in [0.25, 0.3) is 0 Å². The summed E-state index contributed by atoms with van der Waals surface area (Å²) >= 11 is 0. The third kappa shape index (κ3) is 5.73. The average Bonchev–Trinajstić information content (AvgIpc) is 2.98. The molecule has 0 aliphatic carbocycles. The molecule has 2 amide bonds. The predicted molar refractivity (Wildman–Crippen MR) is 142 cm³/mol. The van der Waals surface area contributed by atoms with E-state index in [-0.39, 0.29) is 12.2 Å². The summed E-state index contributed by atoms with van der Waals surface area (Å²) in [5.74, 6) is 0.154. The van der Waals surface area contributed by atoms with Gasteiger partial charge in [0.15, 0.2) is 11.5 Å². The molecule has 194 valence electrons. The van der Waals surface area contributed by atoms with Gasteiger partial charge in [-0.25, -0.2) is 4.98 Å². The van der Waals surface area contributed by atoms with Gasteiger partial charge in [-0.2, -0.15) is 0 Å². The number of nitrogens with one attached hydrogen (secondary N) is 1. The summed E-state index contributed by atoms with van der Waals surface area (Å²) < 4.78 is 16.6. The summed E-state index contributed by atoms with van der Waals surface area (Å²) in [5, 5.41) is 2.98. The molecule has 38 heavy (non-hydrogen) atoms. The van der Waals surface area contributed by atoms with Crippen LogP contribution in [-0.2, 0) is 11.3 Å². The normalized spacial score (nSPS) is 11.2. The highest BCUT2D eigenvalue weighted by atomic mass is 16.5. The van der Waals surface area contributed by atoms with Gasteiger partial charge in [-0.05, 0) is 35.4 Å². The third-order valence-electron chi connectivity index (χ3n) is 5.85. The molecule has 4 rings (SSSR count). The van der Waals surface area contributed by atoms with E-state index >= 15 is 0 Å². The Hall–Kier alpha value is -4.92. The molecule has 9 heteroatoms. The summed E-state index contributed by atoms with van der Waals surface area (Å²) in [6.45, 7) is 0.266. The second-order valence-corrected chi connectivity index (χ2v) is 8.17. The molecule has 1 N–H and O–H groups in total. The number of hydrogen-bond donors (Lipinski definition) is 1. The van der Waals surface area contributed by atoms with E-state index in [4.69, 9.17) is 14.2 Å². The number of carbonyl (C=O) groups is 2. The van der Waals surface area contributed by atoms with Crippen LogP contribution in [0.5, 0.6) is 17.2 Å². The molecule has 0 fully saturated rings. The number of amides is 2. The highest BCUT2D eigenvalue weighted by molar-refractivity contribution is 6.09. The second kappa shape index (κ2) is 12.4. The van der Waals surface area contributed by atoms with Crippen LogP contribution in [0.1, 0.15) is 27.7 Å².